The molecule has 2 unspecified atom stereocenters. The van der Waals surface area contributed by atoms with Gasteiger partial charge in [0.1, 0.15) is 0 Å². The molecule has 2 aliphatic heterocycles. The number of guanidine groups is 1. The van der Waals surface area contributed by atoms with E-state index in [0.29, 0.717) is 12.1 Å². The van der Waals surface area contributed by atoms with E-state index in [9.17, 15) is 0 Å². The lowest BCUT2D eigenvalue weighted by Crippen LogP contribution is -2.53. The van der Waals surface area contributed by atoms with Crippen molar-refractivity contribution in [1.29, 1.82) is 0 Å². The maximum absolute atomic E-state index is 5.56. The van der Waals surface area contributed by atoms with Crippen LogP contribution in [0.3, 0.4) is 0 Å². The minimum atomic E-state index is 0. The van der Waals surface area contributed by atoms with Gasteiger partial charge in [0.2, 0.25) is 5.95 Å². The molecule has 2 aliphatic rings. The lowest BCUT2D eigenvalue weighted by Gasteiger charge is -2.38. The summed E-state index contributed by atoms with van der Waals surface area (Å²) in [6.07, 6.45) is 3.60. The zero-order valence-corrected chi connectivity index (χ0v) is 19.6. The molecule has 1 N–H and O–H groups in total. The number of morpholine rings is 1. The van der Waals surface area contributed by atoms with Gasteiger partial charge in [-0.2, -0.15) is 0 Å². The van der Waals surface area contributed by atoms with Crippen molar-refractivity contribution >= 4 is 35.9 Å². The van der Waals surface area contributed by atoms with Crippen LogP contribution in [0.5, 0.6) is 0 Å². The van der Waals surface area contributed by atoms with E-state index in [0.717, 1.165) is 70.9 Å². The van der Waals surface area contributed by atoms with Crippen LogP contribution in [0.15, 0.2) is 23.5 Å². The van der Waals surface area contributed by atoms with Gasteiger partial charge in [0.15, 0.2) is 5.96 Å². The molecule has 0 bridgehead atoms. The zero-order chi connectivity index (χ0) is 19.1. The number of nitrogens with zero attached hydrogens (tertiary/aromatic N) is 6. The smallest absolute Gasteiger partial charge is 0.225 e. The van der Waals surface area contributed by atoms with Crippen LogP contribution in [0.2, 0.25) is 0 Å². The Balaban J connectivity index is 0.00000280. The summed E-state index contributed by atoms with van der Waals surface area (Å²) >= 11 is 0. The molecule has 1 aromatic heterocycles. The van der Waals surface area contributed by atoms with Crippen LogP contribution < -0.4 is 10.2 Å². The molecule has 1 aromatic rings. The number of halogens is 1. The lowest BCUT2D eigenvalue weighted by atomic mass is 10.2. The van der Waals surface area contributed by atoms with Crippen molar-refractivity contribution < 1.29 is 4.74 Å². The average Bonchev–Trinajstić information content (AvgIpc) is 2.72. The highest BCUT2D eigenvalue weighted by atomic mass is 127. The number of ether oxygens (including phenoxy) is 1. The molecule has 0 spiro atoms. The third-order valence-corrected chi connectivity index (χ3v) is 5.24. The van der Waals surface area contributed by atoms with Gasteiger partial charge in [-0.15, -0.1) is 24.0 Å². The van der Waals surface area contributed by atoms with Crippen LogP contribution in [-0.4, -0.2) is 96.8 Å². The summed E-state index contributed by atoms with van der Waals surface area (Å²) in [5.74, 6) is 1.83. The van der Waals surface area contributed by atoms with Crippen LogP contribution >= 0.6 is 24.0 Å². The van der Waals surface area contributed by atoms with Gasteiger partial charge in [-0.25, -0.2) is 9.97 Å². The SMILES string of the molecule is CCNC(=NCC(C)N1CCOCC1C)N1CCN(c2ncccn2)CC1.I. The largest absolute Gasteiger partial charge is 0.379 e. The lowest BCUT2D eigenvalue weighted by molar-refractivity contribution is -0.0166. The Bertz CT molecular complexity index is 595. The first kappa shape index (κ1) is 23.1. The molecular weight excluding hydrogens is 469 g/mol. The van der Waals surface area contributed by atoms with E-state index in [1.807, 2.05) is 6.07 Å². The summed E-state index contributed by atoms with van der Waals surface area (Å²) < 4.78 is 5.56. The van der Waals surface area contributed by atoms with Gasteiger partial charge in [-0.1, -0.05) is 0 Å². The normalized spacial score (nSPS) is 22.5. The van der Waals surface area contributed by atoms with Gasteiger partial charge in [0.05, 0.1) is 19.8 Å². The molecule has 0 amide bonds. The Kier molecular flexibility index (Phi) is 9.66. The molecule has 158 valence electrons. The first-order valence-corrected chi connectivity index (χ1v) is 10.1. The monoisotopic (exact) mass is 503 g/mol. The van der Waals surface area contributed by atoms with Crippen LogP contribution in [0.1, 0.15) is 20.8 Å². The quantitative estimate of drug-likeness (QED) is 0.369. The predicted molar refractivity (Wildman–Crippen MR) is 124 cm³/mol. The van der Waals surface area contributed by atoms with Gasteiger partial charge < -0.3 is 19.9 Å². The number of aromatic nitrogens is 2. The number of aliphatic imine (C=N–C) groups is 1. The van der Waals surface area contributed by atoms with E-state index >= 15 is 0 Å². The molecule has 2 saturated heterocycles. The fourth-order valence-corrected chi connectivity index (χ4v) is 3.72. The Morgan fingerprint density at radius 1 is 1.25 bits per heavy atom. The summed E-state index contributed by atoms with van der Waals surface area (Å²) in [5.41, 5.74) is 0. The fourth-order valence-electron chi connectivity index (χ4n) is 3.72. The van der Waals surface area contributed by atoms with E-state index in [4.69, 9.17) is 9.73 Å². The molecule has 0 saturated carbocycles. The van der Waals surface area contributed by atoms with Crippen molar-refractivity contribution in [2.75, 3.05) is 63.9 Å². The number of piperazine rings is 1. The molecule has 0 aromatic carbocycles. The minimum absolute atomic E-state index is 0. The summed E-state index contributed by atoms with van der Waals surface area (Å²) in [5, 5.41) is 3.46. The van der Waals surface area contributed by atoms with Crippen molar-refractivity contribution in [3.8, 4) is 0 Å². The number of hydrogen-bond donors (Lipinski definition) is 1. The molecule has 3 heterocycles. The van der Waals surface area contributed by atoms with E-state index < -0.39 is 0 Å². The first-order valence-electron chi connectivity index (χ1n) is 10.1. The second-order valence-electron chi connectivity index (χ2n) is 7.23. The standard InChI is InChI=1S/C19H33N7O.HI/c1-4-20-18(23-14-16(2)26-12-13-27-15-17(26)3)24-8-10-25(11-9-24)19-21-6-5-7-22-19;/h5-7,16-17H,4,8-15H2,1-3H3,(H,20,23);1H. The Labute approximate surface area is 185 Å². The summed E-state index contributed by atoms with van der Waals surface area (Å²) in [6, 6.07) is 2.73. The van der Waals surface area contributed by atoms with Crippen molar-refractivity contribution in [1.82, 2.24) is 25.1 Å². The molecule has 3 rings (SSSR count). The maximum atomic E-state index is 5.56. The zero-order valence-electron chi connectivity index (χ0n) is 17.3. The third-order valence-electron chi connectivity index (χ3n) is 5.24. The van der Waals surface area contributed by atoms with Crippen molar-refractivity contribution in [2.45, 2.75) is 32.9 Å². The van der Waals surface area contributed by atoms with Gasteiger partial charge in [0.25, 0.3) is 0 Å². The van der Waals surface area contributed by atoms with Crippen LogP contribution in [-0.2, 0) is 4.74 Å². The number of rotatable bonds is 5. The van der Waals surface area contributed by atoms with E-state index in [-0.39, 0.29) is 24.0 Å². The van der Waals surface area contributed by atoms with E-state index in [1.165, 1.54) is 0 Å². The highest BCUT2D eigenvalue weighted by Crippen LogP contribution is 2.12. The van der Waals surface area contributed by atoms with E-state index in [2.05, 4.69) is 50.8 Å². The molecule has 2 atom stereocenters. The van der Waals surface area contributed by atoms with Crippen molar-refractivity contribution in [3.63, 3.8) is 0 Å². The Hall–Kier alpha value is -1.20. The molecule has 0 radical (unpaired) electrons. The highest BCUT2D eigenvalue weighted by Gasteiger charge is 2.25. The molecular formula is C19H34IN7O. The number of anilines is 1. The molecule has 9 heteroatoms. The minimum Gasteiger partial charge on any atom is -0.379 e. The van der Waals surface area contributed by atoms with Crippen molar-refractivity contribution in [3.05, 3.63) is 18.5 Å². The molecule has 8 nitrogen and oxygen atoms in total. The first-order chi connectivity index (χ1) is 13.2. The summed E-state index contributed by atoms with van der Waals surface area (Å²) in [6.45, 7) is 14.6. The average molecular weight is 503 g/mol. The van der Waals surface area contributed by atoms with Crippen LogP contribution in [0.4, 0.5) is 5.95 Å². The van der Waals surface area contributed by atoms with Gasteiger partial charge >= 0.3 is 0 Å². The maximum Gasteiger partial charge on any atom is 0.225 e. The van der Waals surface area contributed by atoms with Crippen LogP contribution in [0, 0.1) is 0 Å². The number of nitrogens with one attached hydrogen (secondary N) is 1. The molecule has 28 heavy (non-hydrogen) atoms. The fraction of sp³-hybridized carbons (Fsp3) is 0.737. The highest BCUT2D eigenvalue weighted by molar-refractivity contribution is 14.0. The van der Waals surface area contributed by atoms with Crippen LogP contribution in [0.25, 0.3) is 0 Å². The van der Waals surface area contributed by atoms with Gasteiger partial charge in [-0.05, 0) is 26.8 Å². The summed E-state index contributed by atoms with van der Waals surface area (Å²) in [4.78, 5) is 20.7. The van der Waals surface area contributed by atoms with Gasteiger partial charge in [-0.3, -0.25) is 9.89 Å². The van der Waals surface area contributed by atoms with Gasteiger partial charge in [0, 0.05) is 63.7 Å². The summed E-state index contributed by atoms with van der Waals surface area (Å²) in [7, 11) is 0. The topological polar surface area (TPSA) is 69.1 Å². The molecule has 0 aliphatic carbocycles. The molecule has 2 fully saturated rings. The second kappa shape index (κ2) is 11.7. The third kappa shape index (κ3) is 6.15. The Morgan fingerprint density at radius 2 is 1.96 bits per heavy atom. The number of hydrogen-bond acceptors (Lipinski definition) is 6. The van der Waals surface area contributed by atoms with Crippen molar-refractivity contribution in [2.24, 2.45) is 4.99 Å². The Morgan fingerprint density at radius 3 is 2.61 bits per heavy atom. The second-order valence-corrected chi connectivity index (χ2v) is 7.23. The predicted octanol–water partition coefficient (Wildman–Crippen LogP) is 1.29. The van der Waals surface area contributed by atoms with E-state index in [1.54, 1.807) is 12.4 Å².